The Kier molecular flexibility index (Phi) is 5.05. The Labute approximate surface area is 94.2 Å². The first-order valence-electron chi connectivity index (χ1n) is 5.91. The van der Waals surface area contributed by atoms with Gasteiger partial charge in [0.2, 0.25) is 0 Å². The lowest BCUT2D eigenvalue weighted by atomic mass is 9.84. The smallest absolute Gasteiger partial charge is 0.382 e. The predicted octanol–water partition coefficient (Wildman–Crippen LogP) is 2.47. The summed E-state index contributed by atoms with van der Waals surface area (Å²) in [6.45, 7) is 1.76. The topological polar surface area (TPSA) is 32.3 Å². The molecule has 0 heterocycles. The largest absolute Gasteiger partial charge is 0.415 e. The fraction of sp³-hybridized carbons (Fsp3) is 1.00. The minimum atomic E-state index is -4.51. The molecule has 5 heteroatoms. The van der Waals surface area contributed by atoms with E-state index in [-0.39, 0.29) is 12.6 Å². The zero-order chi connectivity index (χ0) is 12.2. The average molecular weight is 239 g/mol. The van der Waals surface area contributed by atoms with Crippen molar-refractivity contribution in [2.24, 2.45) is 5.92 Å². The van der Waals surface area contributed by atoms with Gasteiger partial charge in [-0.3, -0.25) is 0 Å². The number of aliphatic hydroxyl groups is 1. The van der Waals surface area contributed by atoms with Crippen molar-refractivity contribution >= 4 is 0 Å². The Morgan fingerprint density at radius 3 is 2.25 bits per heavy atom. The minimum absolute atomic E-state index is 0.139. The molecule has 0 aromatic carbocycles. The van der Waals surface area contributed by atoms with Crippen LogP contribution in [0.1, 0.15) is 39.0 Å². The molecule has 96 valence electrons. The standard InChI is InChI=1S/C11H20F3NO/c1-2-8-3-5-9(6-4-8)15-7-10(16)11(12,13)14/h8-10,15-16H,2-7H2,1H3. The Hall–Kier alpha value is -0.290. The van der Waals surface area contributed by atoms with E-state index in [1.165, 1.54) is 0 Å². The third-order valence-corrected chi connectivity index (χ3v) is 3.40. The van der Waals surface area contributed by atoms with Crippen LogP contribution in [0.2, 0.25) is 0 Å². The first-order valence-corrected chi connectivity index (χ1v) is 5.91. The van der Waals surface area contributed by atoms with E-state index in [2.05, 4.69) is 12.2 Å². The summed E-state index contributed by atoms with van der Waals surface area (Å²) in [7, 11) is 0. The summed E-state index contributed by atoms with van der Waals surface area (Å²) in [6.07, 6.45) is -1.60. The third-order valence-electron chi connectivity index (χ3n) is 3.40. The second-order valence-electron chi connectivity index (χ2n) is 4.59. The van der Waals surface area contributed by atoms with Crippen molar-refractivity contribution in [1.82, 2.24) is 5.32 Å². The molecule has 1 aliphatic carbocycles. The van der Waals surface area contributed by atoms with Crippen LogP contribution < -0.4 is 5.32 Å². The lowest BCUT2D eigenvalue weighted by molar-refractivity contribution is -0.202. The van der Waals surface area contributed by atoms with Crippen LogP contribution in [0.5, 0.6) is 0 Å². The van der Waals surface area contributed by atoms with E-state index in [4.69, 9.17) is 5.11 Å². The predicted molar refractivity (Wildman–Crippen MR) is 56.1 cm³/mol. The van der Waals surface area contributed by atoms with Gasteiger partial charge in [0, 0.05) is 12.6 Å². The third kappa shape index (κ3) is 4.29. The van der Waals surface area contributed by atoms with Gasteiger partial charge in [0.1, 0.15) is 0 Å². The van der Waals surface area contributed by atoms with E-state index < -0.39 is 12.3 Å². The number of alkyl halides is 3. The van der Waals surface area contributed by atoms with Gasteiger partial charge in [0.25, 0.3) is 0 Å². The molecule has 16 heavy (non-hydrogen) atoms. The second kappa shape index (κ2) is 5.87. The highest BCUT2D eigenvalue weighted by Gasteiger charge is 2.38. The van der Waals surface area contributed by atoms with E-state index in [0.29, 0.717) is 0 Å². The van der Waals surface area contributed by atoms with Crippen molar-refractivity contribution in [1.29, 1.82) is 0 Å². The van der Waals surface area contributed by atoms with Gasteiger partial charge < -0.3 is 10.4 Å². The Bertz CT molecular complexity index is 200. The van der Waals surface area contributed by atoms with Crippen LogP contribution in [-0.2, 0) is 0 Å². The normalized spacial score (nSPS) is 29.1. The van der Waals surface area contributed by atoms with Crippen molar-refractivity contribution in [3.63, 3.8) is 0 Å². The zero-order valence-corrected chi connectivity index (χ0v) is 9.56. The highest BCUT2D eigenvalue weighted by molar-refractivity contribution is 4.78. The molecule has 0 bridgehead atoms. The van der Waals surface area contributed by atoms with E-state index in [0.717, 1.165) is 38.0 Å². The van der Waals surface area contributed by atoms with Crippen LogP contribution in [-0.4, -0.2) is 30.0 Å². The summed E-state index contributed by atoms with van der Waals surface area (Å²) in [5.74, 6) is 0.727. The molecule has 0 amide bonds. The van der Waals surface area contributed by atoms with Gasteiger partial charge in [0.15, 0.2) is 6.10 Å². The van der Waals surface area contributed by atoms with Crippen LogP contribution in [0, 0.1) is 5.92 Å². The lowest BCUT2D eigenvalue weighted by Gasteiger charge is -2.29. The van der Waals surface area contributed by atoms with Crippen LogP contribution in [0.15, 0.2) is 0 Å². The van der Waals surface area contributed by atoms with Crippen LogP contribution in [0.4, 0.5) is 13.2 Å². The molecule has 1 saturated carbocycles. The van der Waals surface area contributed by atoms with Crippen molar-refractivity contribution in [3.8, 4) is 0 Å². The van der Waals surface area contributed by atoms with Gasteiger partial charge in [0.05, 0.1) is 0 Å². The van der Waals surface area contributed by atoms with Crippen LogP contribution in [0.25, 0.3) is 0 Å². The zero-order valence-electron chi connectivity index (χ0n) is 9.56. The average Bonchev–Trinajstić information content (AvgIpc) is 2.25. The number of aliphatic hydroxyl groups excluding tert-OH is 1. The number of nitrogens with one attached hydrogen (secondary N) is 1. The molecular formula is C11H20F3NO. The van der Waals surface area contributed by atoms with E-state index in [1.54, 1.807) is 0 Å². The molecule has 0 aliphatic heterocycles. The Balaban J connectivity index is 2.20. The molecule has 1 rings (SSSR count). The molecule has 1 aliphatic rings. The molecule has 1 unspecified atom stereocenters. The molecular weight excluding hydrogens is 219 g/mol. The van der Waals surface area contributed by atoms with Crippen LogP contribution in [0.3, 0.4) is 0 Å². The van der Waals surface area contributed by atoms with Gasteiger partial charge >= 0.3 is 6.18 Å². The molecule has 0 saturated heterocycles. The number of hydrogen-bond acceptors (Lipinski definition) is 2. The Morgan fingerprint density at radius 2 is 1.81 bits per heavy atom. The molecule has 2 N–H and O–H groups in total. The fourth-order valence-electron chi connectivity index (χ4n) is 2.17. The summed E-state index contributed by atoms with van der Waals surface area (Å²) in [5, 5.41) is 11.6. The molecule has 1 fully saturated rings. The Morgan fingerprint density at radius 1 is 1.25 bits per heavy atom. The fourth-order valence-corrected chi connectivity index (χ4v) is 2.17. The van der Waals surface area contributed by atoms with Crippen molar-refractivity contribution in [3.05, 3.63) is 0 Å². The maximum atomic E-state index is 12.0. The first kappa shape index (κ1) is 13.8. The minimum Gasteiger partial charge on any atom is -0.382 e. The van der Waals surface area contributed by atoms with Crippen LogP contribution >= 0.6 is 0 Å². The maximum Gasteiger partial charge on any atom is 0.415 e. The number of rotatable bonds is 4. The van der Waals surface area contributed by atoms with Crippen molar-refractivity contribution in [2.75, 3.05) is 6.54 Å². The first-order chi connectivity index (χ1) is 7.43. The van der Waals surface area contributed by atoms with Gasteiger partial charge in [-0.15, -0.1) is 0 Å². The molecule has 1 atom stereocenters. The van der Waals surface area contributed by atoms with Crippen molar-refractivity contribution < 1.29 is 18.3 Å². The monoisotopic (exact) mass is 239 g/mol. The van der Waals surface area contributed by atoms with E-state index in [9.17, 15) is 13.2 Å². The summed E-state index contributed by atoms with van der Waals surface area (Å²) < 4.78 is 36.1. The maximum absolute atomic E-state index is 12.0. The highest BCUT2D eigenvalue weighted by atomic mass is 19.4. The SMILES string of the molecule is CCC1CCC(NCC(O)C(F)(F)F)CC1. The summed E-state index contributed by atoms with van der Waals surface area (Å²) in [5.41, 5.74) is 0. The number of hydrogen-bond donors (Lipinski definition) is 2. The van der Waals surface area contributed by atoms with Gasteiger partial charge in [-0.2, -0.15) is 13.2 Å². The highest BCUT2D eigenvalue weighted by Crippen LogP contribution is 2.27. The summed E-state index contributed by atoms with van der Waals surface area (Å²) in [6, 6.07) is 0.139. The molecule has 0 radical (unpaired) electrons. The summed E-state index contributed by atoms with van der Waals surface area (Å²) >= 11 is 0. The van der Waals surface area contributed by atoms with Gasteiger partial charge in [-0.1, -0.05) is 13.3 Å². The van der Waals surface area contributed by atoms with Gasteiger partial charge in [-0.05, 0) is 31.6 Å². The van der Waals surface area contributed by atoms with E-state index in [1.807, 2.05) is 0 Å². The molecule has 2 nitrogen and oxygen atoms in total. The van der Waals surface area contributed by atoms with Crippen molar-refractivity contribution in [2.45, 2.75) is 57.3 Å². The molecule has 0 spiro atoms. The lowest BCUT2D eigenvalue weighted by Crippen LogP contribution is -2.43. The quantitative estimate of drug-likeness (QED) is 0.790. The molecule has 0 aromatic rings. The summed E-state index contributed by atoms with van der Waals surface area (Å²) in [4.78, 5) is 0. The molecule has 0 aromatic heterocycles. The van der Waals surface area contributed by atoms with Gasteiger partial charge in [-0.25, -0.2) is 0 Å². The number of halogens is 3. The second-order valence-corrected chi connectivity index (χ2v) is 4.59. The van der Waals surface area contributed by atoms with E-state index >= 15 is 0 Å².